The summed E-state index contributed by atoms with van der Waals surface area (Å²) in [6.07, 6.45) is -0.161. The number of nitrogens with one attached hydrogen (secondary N) is 2. The van der Waals surface area contributed by atoms with Crippen LogP contribution < -0.4 is 15.4 Å². The first-order valence-electron chi connectivity index (χ1n) is 10.7. The highest BCUT2D eigenvalue weighted by atomic mass is 32.1. The summed E-state index contributed by atoms with van der Waals surface area (Å²) in [7, 11) is 0. The fourth-order valence-corrected chi connectivity index (χ4v) is 3.32. The Balaban J connectivity index is 2.03. The van der Waals surface area contributed by atoms with E-state index in [9.17, 15) is 14.4 Å². The van der Waals surface area contributed by atoms with Crippen LogP contribution in [0.5, 0.6) is 5.75 Å². The molecule has 1 saturated heterocycles. The van der Waals surface area contributed by atoms with Gasteiger partial charge in [0.15, 0.2) is 5.11 Å². The summed E-state index contributed by atoms with van der Waals surface area (Å²) in [5.41, 5.74) is 0.306. The molecule has 0 aliphatic carbocycles. The number of hydrogen-bond acceptors (Lipinski definition) is 7. The largest absolute Gasteiger partial charge is 0.490 e. The smallest absolute Gasteiger partial charge is 0.308 e. The summed E-state index contributed by atoms with van der Waals surface area (Å²) >= 11 is 5.41. The molecule has 10 heteroatoms. The van der Waals surface area contributed by atoms with Crippen molar-refractivity contribution in [1.29, 1.82) is 0 Å². The lowest BCUT2D eigenvalue weighted by Gasteiger charge is -2.36. The van der Waals surface area contributed by atoms with E-state index >= 15 is 0 Å². The molecule has 176 valence electrons. The van der Waals surface area contributed by atoms with Crippen LogP contribution in [-0.2, 0) is 19.1 Å². The van der Waals surface area contributed by atoms with Gasteiger partial charge in [0, 0.05) is 19.7 Å². The van der Waals surface area contributed by atoms with Crippen LogP contribution in [0.4, 0.5) is 0 Å². The summed E-state index contributed by atoms with van der Waals surface area (Å²) in [6, 6.07) is 5.94. The summed E-state index contributed by atoms with van der Waals surface area (Å²) in [6.45, 7) is 8.01. The molecule has 0 radical (unpaired) electrons. The van der Waals surface area contributed by atoms with Gasteiger partial charge in [-0.05, 0) is 37.2 Å². The third kappa shape index (κ3) is 7.76. The van der Waals surface area contributed by atoms with E-state index in [1.165, 1.54) is 0 Å². The molecule has 2 rings (SSSR count). The second kappa shape index (κ2) is 13.0. The molecule has 0 aromatic heterocycles. The van der Waals surface area contributed by atoms with E-state index in [0.29, 0.717) is 44.2 Å². The van der Waals surface area contributed by atoms with Gasteiger partial charge in [-0.15, -0.1) is 0 Å². The third-order valence-electron chi connectivity index (χ3n) is 4.57. The van der Waals surface area contributed by atoms with Crippen LogP contribution in [0.1, 0.15) is 37.6 Å². The minimum atomic E-state index is -0.853. The maximum Gasteiger partial charge on any atom is 0.308 e. The van der Waals surface area contributed by atoms with E-state index in [-0.39, 0.29) is 30.0 Å². The van der Waals surface area contributed by atoms with Gasteiger partial charge in [0.1, 0.15) is 18.4 Å². The van der Waals surface area contributed by atoms with Crippen molar-refractivity contribution in [2.75, 3.05) is 39.5 Å². The van der Waals surface area contributed by atoms with Crippen molar-refractivity contribution in [2.24, 2.45) is 5.92 Å². The first-order valence-corrected chi connectivity index (χ1v) is 11.1. The molecule has 1 aromatic rings. The quantitative estimate of drug-likeness (QED) is 0.304. The number of esters is 1. The molecule has 1 aliphatic heterocycles. The minimum Gasteiger partial charge on any atom is -0.490 e. The molecule has 1 aromatic carbocycles. The van der Waals surface area contributed by atoms with Gasteiger partial charge in [0.2, 0.25) is 5.91 Å². The Morgan fingerprint density at radius 1 is 1.28 bits per heavy atom. The number of nitrogens with zero attached hydrogens (tertiary/aromatic N) is 1. The Hall–Kier alpha value is -2.72. The Bertz CT molecular complexity index is 817. The van der Waals surface area contributed by atoms with Gasteiger partial charge >= 0.3 is 5.97 Å². The fourth-order valence-electron chi connectivity index (χ4n) is 3.01. The Labute approximate surface area is 193 Å². The molecule has 1 unspecified atom stereocenters. The van der Waals surface area contributed by atoms with Gasteiger partial charge in [-0.2, -0.15) is 0 Å². The first-order chi connectivity index (χ1) is 15.3. The van der Waals surface area contributed by atoms with Crippen molar-refractivity contribution >= 4 is 35.1 Å². The van der Waals surface area contributed by atoms with Crippen molar-refractivity contribution in [1.82, 2.24) is 15.5 Å². The van der Waals surface area contributed by atoms with Crippen molar-refractivity contribution in [3.63, 3.8) is 0 Å². The molecule has 1 heterocycles. The van der Waals surface area contributed by atoms with E-state index in [4.69, 9.17) is 26.4 Å². The fraction of sp³-hybridized carbons (Fsp3) is 0.545. The van der Waals surface area contributed by atoms with Crippen LogP contribution in [0.3, 0.4) is 0 Å². The molecule has 1 atom stereocenters. The minimum absolute atomic E-state index is 0.0654. The van der Waals surface area contributed by atoms with Crippen LogP contribution >= 0.6 is 12.2 Å². The number of carbonyl (C=O) groups excluding carboxylic acids is 3. The first kappa shape index (κ1) is 25.5. The maximum atomic E-state index is 12.9. The molecule has 2 amide bonds. The van der Waals surface area contributed by atoms with Gasteiger partial charge in [-0.3, -0.25) is 19.7 Å². The van der Waals surface area contributed by atoms with E-state index < -0.39 is 17.9 Å². The zero-order valence-corrected chi connectivity index (χ0v) is 19.5. The molecule has 9 nitrogen and oxygen atoms in total. The van der Waals surface area contributed by atoms with Gasteiger partial charge < -0.3 is 24.4 Å². The highest BCUT2D eigenvalue weighted by Gasteiger charge is 2.34. The number of ether oxygens (including phenoxy) is 3. The van der Waals surface area contributed by atoms with Gasteiger partial charge in [-0.1, -0.05) is 26.0 Å². The maximum absolute atomic E-state index is 12.9. The number of piperazine rings is 1. The number of rotatable bonds is 10. The average Bonchev–Trinajstić information content (AvgIpc) is 2.76. The number of benzene rings is 1. The topological polar surface area (TPSA) is 106 Å². The lowest BCUT2D eigenvalue weighted by molar-refractivity contribution is -0.148. The van der Waals surface area contributed by atoms with E-state index in [1.54, 1.807) is 29.2 Å². The number of amides is 2. The number of carbonyl (C=O) groups is 3. The van der Waals surface area contributed by atoms with Gasteiger partial charge in [0.05, 0.1) is 25.2 Å². The zero-order chi connectivity index (χ0) is 23.5. The Kier molecular flexibility index (Phi) is 10.4. The molecule has 1 aliphatic rings. The van der Waals surface area contributed by atoms with Crippen molar-refractivity contribution < 1.29 is 28.6 Å². The summed E-state index contributed by atoms with van der Waals surface area (Å²) in [5, 5.41) is 5.44. The number of para-hydroxylation sites is 1. The SMILES string of the molecule is CCOCCOc1ccccc1C(=O)NC(=S)N1CCNC(=O)C1CC(=O)OCC(C)C. The Morgan fingerprint density at radius 3 is 2.75 bits per heavy atom. The van der Waals surface area contributed by atoms with Crippen molar-refractivity contribution in [2.45, 2.75) is 33.2 Å². The normalized spacial score (nSPS) is 15.8. The highest BCUT2D eigenvalue weighted by Crippen LogP contribution is 2.18. The highest BCUT2D eigenvalue weighted by molar-refractivity contribution is 7.80. The van der Waals surface area contributed by atoms with Crippen LogP contribution in [0.15, 0.2) is 24.3 Å². The second-order valence-corrected chi connectivity index (χ2v) is 7.97. The predicted molar refractivity (Wildman–Crippen MR) is 122 cm³/mol. The Morgan fingerprint density at radius 2 is 2.03 bits per heavy atom. The van der Waals surface area contributed by atoms with Crippen LogP contribution in [-0.4, -0.2) is 73.4 Å². The number of hydrogen-bond donors (Lipinski definition) is 2. The lowest BCUT2D eigenvalue weighted by atomic mass is 10.1. The summed E-state index contributed by atoms with van der Waals surface area (Å²) in [5.74, 6) is -0.708. The summed E-state index contributed by atoms with van der Waals surface area (Å²) in [4.78, 5) is 39.0. The van der Waals surface area contributed by atoms with E-state index in [1.807, 2.05) is 20.8 Å². The molecular weight excluding hydrogens is 434 g/mol. The van der Waals surface area contributed by atoms with Gasteiger partial charge in [0.25, 0.3) is 5.91 Å². The van der Waals surface area contributed by atoms with E-state index in [2.05, 4.69) is 10.6 Å². The predicted octanol–water partition coefficient (Wildman–Crippen LogP) is 1.51. The van der Waals surface area contributed by atoms with Crippen LogP contribution in [0, 0.1) is 5.92 Å². The molecule has 0 saturated carbocycles. The third-order valence-corrected chi connectivity index (χ3v) is 4.91. The van der Waals surface area contributed by atoms with Gasteiger partial charge in [-0.25, -0.2) is 0 Å². The molecule has 2 N–H and O–H groups in total. The van der Waals surface area contributed by atoms with E-state index in [0.717, 1.165) is 0 Å². The average molecular weight is 466 g/mol. The molecule has 0 bridgehead atoms. The standard InChI is InChI=1S/C22H31N3O6S/c1-4-29-11-12-30-18-8-6-5-7-16(18)20(27)24-22(32)25-10-9-23-21(28)17(25)13-19(26)31-14-15(2)3/h5-8,15,17H,4,9-14H2,1-3H3,(H,23,28)(H,24,27,32). The molecule has 1 fully saturated rings. The van der Waals surface area contributed by atoms with Crippen LogP contribution in [0.2, 0.25) is 0 Å². The second-order valence-electron chi connectivity index (χ2n) is 7.58. The van der Waals surface area contributed by atoms with Crippen molar-refractivity contribution in [3.05, 3.63) is 29.8 Å². The molecule has 0 spiro atoms. The summed E-state index contributed by atoms with van der Waals surface area (Å²) < 4.78 is 16.1. The molecule has 32 heavy (non-hydrogen) atoms. The molecular formula is C22H31N3O6S. The van der Waals surface area contributed by atoms with Crippen LogP contribution in [0.25, 0.3) is 0 Å². The number of thiocarbonyl (C=S) groups is 1. The monoisotopic (exact) mass is 465 g/mol. The van der Waals surface area contributed by atoms with Crippen molar-refractivity contribution in [3.8, 4) is 5.75 Å². The lowest BCUT2D eigenvalue weighted by Crippen LogP contribution is -2.60. The zero-order valence-electron chi connectivity index (χ0n) is 18.7.